The number of rotatable bonds is 49. The van der Waals surface area contributed by atoms with Gasteiger partial charge in [-0.25, -0.2) is 10.1 Å². The second-order valence-electron chi connectivity index (χ2n) is 18.2. The molecule has 1 unspecified atom stereocenters. The van der Waals surface area contributed by atoms with E-state index >= 15 is 0 Å². The van der Waals surface area contributed by atoms with Crippen LogP contribution in [-0.4, -0.2) is 42.5 Å². The molecule has 0 aromatic heterocycles. The minimum absolute atomic E-state index is 0.102. The minimum Gasteiger partial charge on any atom is -0.462 e. The van der Waals surface area contributed by atoms with Gasteiger partial charge in [-0.15, -0.1) is 0 Å². The highest BCUT2D eigenvalue weighted by atomic mass is 17.1. The molecule has 8 heteroatoms. The van der Waals surface area contributed by atoms with Crippen LogP contribution in [0.3, 0.4) is 0 Å². The molecule has 69 heavy (non-hydrogen) atoms. The normalized spacial score (nSPS) is 13.0. The molecule has 0 fully saturated rings. The van der Waals surface area contributed by atoms with E-state index in [-0.39, 0.29) is 43.8 Å². The number of hydrogen-bond donors (Lipinski definition) is 1. The van der Waals surface area contributed by atoms with Gasteiger partial charge < -0.3 is 19.1 Å². The van der Waals surface area contributed by atoms with Crippen molar-refractivity contribution in [2.24, 2.45) is 0 Å². The van der Waals surface area contributed by atoms with Crippen molar-refractivity contribution in [2.45, 2.75) is 245 Å². The molecule has 0 saturated carbocycles. The average molecular weight is 961 g/mol. The molecule has 0 rings (SSSR count). The molecular formula is C61H100O8. The van der Waals surface area contributed by atoms with Crippen molar-refractivity contribution in [1.82, 2.24) is 0 Å². The van der Waals surface area contributed by atoms with Crippen LogP contribution in [0, 0.1) is 0 Å². The molecule has 0 aliphatic rings. The van der Waals surface area contributed by atoms with E-state index in [4.69, 9.17) is 14.2 Å². The van der Waals surface area contributed by atoms with Crippen LogP contribution < -0.4 is 0 Å². The Labute approximate surface area is 422 Å². The summed E-state index contributed by atoms with van der Waals surface area (Å²) >= 11 is 0. The Morgan fingerprint density at radius 2 is 0.783 bits per heavy atom. The summed E-state index contributed by atoms with van der Waals surface area (Å²) < 4.78 is 16.5. The summed E-state index contributed by atoms with van der Waals surface area (Å²) in [6, 6.07) is 0. The summed E-state index contributed by atoms with van der Waals surface area (Å²) in [6.45, 7) is 6.28. The van der Waals surface area contributed by atoms with Gasteiger partial charge in [-0.1, -0.05) is 228 Å². The van der Waals surface area contributed by atoms with Crippen molar-refractivity contribution in [3.63, 3.8) is 0 Å². The lowest BCUT2D eigenvalue weighted by Gasteiger charge is -2.17. The van der Waals surface area contributed by atoms with Gasteiger partial charge in [0.1, 0.15) is 13.2 Å². The van der Waals surface area contributed by atoms with E-state index in [0.29, 0.717) is 0 Å². The first kappa shape index (κ1) is 64.8. The van der Waals surface area contributed by atoms with Gasteiger partial charge in [-0.05, 0) is 95.6 Å². The number of carbonyl (C=O) groups excluding carboxylic acids is 3. The summed E-state index contributed by atoms with van der Waals surface area (Å²) in [5.41, 5.74) is 0. The molecule has 0 bridgehead atoms. The van der Waals surface area contributed by atoms with Crippen molar-refractivity contribution in [3.05, 3.63) is 109 Å². The van der Waals surface area contributed by atoms with Gasteiger partial charge in [-0.3, -0.25) is 9.59 Å². The van der Waals surface area contributed by atoms with Gasteiger partial charge in [0.15, 0.2) is 11.9 Å². The zero-order valence-corrected chi connectivity index (χ0v) is 44.2. The van der Waals surface area contributed by atoms with Gasteiger partial charge in [0, 0.05) is 18.9 Å². The Morgan fingerprint density at radius 3 is 1.26 bits per heavy atom. The number of carbonyl (C=O) groups is 3. The number of allylic oxidation sites excluding steroid dienone is 16. The van der Waals surface area contributed by atoms with Crippen LogP contribution in [0.5, 0.6) is 0 Å². The fourth-order valence-electron chi connectivity index (χ4n) is 7.40. The lowest BCUT2D eigenvalue weighted by molar-refractivity contribution is -0.198. The van der Waals surface area contributed by atoms with Crippen molar-refractivity contribution in [1.29, 1.82) is 0 Å². The summed E-state index contributed by atoms with van der Waals surface area (Å²) in [5, 5.41) is 9.34. The topological polar surface area (TPSA) is 108 Å². The van der Waals surface area contributed by atoms with Crippen molar-refractivity contribution >= 4 is 17.9 Å². The molecule has 0 aliphatic carbocycles. The Morgan fingerprint density at radius 1 is 0.406 bits per heavy atom. The maximum atomic E-state index is 12.8. The minimum atomic E-state index is -0.973. The third-order valence-corrected chi connectivity index (χ3v) is 11.6. The molecule has 8 nitrogen and oxygen atoms in total. The van der Waals surface area contributed by atoms with Crippen LogP contribution in [-0.2, 0) is 33.5 Å². The third kappa shape index (κ3) is 51.5. The van der Waals surface area contributed by atoms with E-state index in [1.807, 2.05) is 18.2 Å². The van der Waals surface area contributed by atoms with Crippen molar-refractivity contribution in [3.8, 4) is 0 Å². The maximum absolute atomic E-state index is 12.8. The lowest BCUT2D eigenvalue weighted by Crippen LogP contribution is -2.30. The molecule has 0 spiro atoms. The van der Waals surface area contributed by atoms with Crippen LogP contribution >= 0.6 is 0 Å². The number of hydrogen-bond acceptors (Lipinski definition) is 8. The number of ether oxygens (including phenoxy) is 3. The Balaban J connectivity index is 4.85. The molecule has 0 aromatic rings. The van der Waals surface area contributed by atoms with E-state index in [0.717, 1.165) is 96.0 Å². The molecule has 0 aliphatic heterocycles. The summed E-state index contributed by atoms with van der Waals surface area (Å²) in [6.07, 6.45) is 69.7. The van der Waals surface area contributed by atoms with Gasteiger partial charge >= 0.3 is 17.9 Å². The SMILES string of the molecule is CCCCC/C=C\C/C=C\CCCCCCCC(=O)OCC(COC(=O)CCCCCCC/C=C\CCCCCCCC)OC(=O)C=CC=C(C=CC=CC=CC=CCCCCCCCCC)OO. The Kier molecular flexibility index (Phi) is 51.5. The number of esters is 3. The Bertz CT molecular complexity index is 1460. The average Bonchev–Trinajstić information content (AvgIpc) is 3.35. The molecule has 0 aromatic carbocycles. The fraction of sp³-hybridized carbons (Fsp3) is 0.656. The van der Waals surface area contributed by atoms with Crippen LogP contribution in [0.1, 0.15) is 239 Å². The highest BCUT2D eigenvalue weighted by molar-refractivity contribution is 5.82. The first-order valence-corrected chi connectivity index (χ1v) is 27.8. The van der Waals surface area contributed by atoms with Gasteiger partial charge in [0.25, 0.3) is 0 Å². The van der Waals surface area contributed by atoms with Crippen molar-refractivity contribution < 1.29 is 38.7 Å². The Hall–Kier alpha value is -4.17. The van der Waals surface area contributed by atoms with E-state index < -0.39 is 12.1 Å². The van der Waals surface area contributed by atoms with Crippen LogP contribution in [0.25, 0.3) is 0 Å². The van der Waals surface area contributed by atoms with Crippen LogP contribution in [0.2, 0.25) is 0 Å². The van der Waals surface area contributed by atoms with Crippen LogP contribution in [0.15, 0.2) is 109 Å². The van der Waals surface area contributed by atoms with E-state index in [1.165, 1.54) is 128 Å². The molecule has 0 radical (unpaired) electrons. The van der Waals surface area contributed by atoms with E-state index in [1.54, 1.807) is 18.2 Å². The predicted molar refractivity (Wildman–Crippen MR) is 291 cm³/mol. The van der Waals surface area contributed by atoms with Gasteiger partial charge in [-0.2, -0.15) is 0 Å². The first-order chi connectivity index (χ1) is 34.0. The summed E-state index contributed by atoms with van der Waals surface area (Å²) in [5.74, 6) is -1.37. The zero-order valence-electron chi connectivity index (χ0n) is 44.2. The largest absolute Gasteiger partial charge is 0.462 e. The van der Waals surface area contributed by atoms with E-state index in [2.05, 4.69) is 74.3 Å². The molecule has 0 heterocycles. The molecule has 392 valence electrons. The quantitative estimate of drug-likeness (QED) is 0.00739. The smallest absolute Gasteiger partial charge is 0.331 e. The standard InChI is InChI=1S/C61H100O8/c1-4-7-10-13-16-19-22-25-28-31-34-37-40-43-46-50-57(69-65)51-49-54-61(64)68-58(55-66-59(62)52-47-44-41-38-35-32-29-26-23-20-17-14-11-8-5-2)56-67-60(63)53-48-45-42-39-36-33-30-27-24-21-18-15-12-9-6-3/h17,20,26-31,34,37,40,43,46,49-51,54,58,65H,4-16,18-19,21-25,32-33,35-36,38-39,41-42,44-45,47-48,52-53,55-56H2,1-3H3/b20-17-,29-26-,30-27-,31-28?,37-34?,43-40?,50-46?,54-49?,57-51?. The summed E-state index contributed by atoms with van der Waals surface area (Å²) in [7, 11) is 0. The second kappa shape index (κ2) is 54.8. The third-order valence-electron chi connectivity index (χ3n) is 11.6. The fourth-order valence-corrected chi connectivity index (χ4v) is 7.40. The summed E-state index contributed by atoms with van der Waals surface area (Å²) in [4.78, 5) is 42.5. The molecule has 1 atom stereocenters. The second-order valence-corrected chi connectivity index (χ2v) is 18.2. The molecule has 0 saturated heterocycles. The van der Waals surface area contributed by atoms with E-state index in [9.17, 15) is 19.6 Å². The monoisotopic (exact) mass is 961 g/mol. The molecular weight excluding hydrogens is 861 g/mol. The highest BCUT2D eigenvalue weighted by Gasteiger charge is 2.18. The zero-order chi connectivity index (χ0) is 50.2. The van der Waals surface area contributed by atoms with Gasteiger partial charge in [0.05, 0.1) is 0 Å². The maximum Gasteiger partial charge on any atom is 0.331 e. The highest BCUT2D eigenvalue weighted by Crippen LogP contribution is 2.13. The lowest BCUT2D eigenvalue weighted by atomic mass is 10.1. The van der Waals surface area contributed by atoms with Crippen molar-refractivity contribution in [2.75, 3.05) is 13.2 Å². The number of unbranched alkanes of at least 4 members (excludes halogenated alkanes) is 26. The molecule has 1 N–H and O–H groups in total. The van der Waals surface area contributed by atoms with Crippen LogP contribution in [0.4, 0.5) is 0 Å². The predicted octanol–water partition coefficient (Wildman–Crippen LogP) is 18.1. The molecule has 0 amide bonds. The first-order valence-electron chi connectivity index (χ1n) is 27.8. The van der Waals surface area contributed by atoms with Gasteiger partial charge in [0.2, 0.25) is 0 Å².